The Morgan fingerprint density at radius 2 is 1.90 bits per heavy atom. The second-order valence-electron chi connectivity index (χ2n) is 9.96. The number of aliphatic imine (C=N–C) groups is 1. The summed E-state index contributed by atoms with van der Waals surface area (Å²) >= 11 is 0. The maximum Gasteiger partial charge on any atom is 0.132 e. The van der Waals surface area contributed by atoms with E-state index in [9.17, 15) is 0 Å². The van der Waals surface area contributed by atoms with E-state index in [-0.39, 0.29) is 0 Å². The van der Waals surface area contributed by atoms with Crippen molar-refractivity contribution >= 4 is 11.8 Å². The first-order valence-electron chi connectivity index (χ1n) is 12.6. The zero-order chi connectivity index (χ0) is 21.3. The van der Waals surface area contributed by atoms with Crippen LogP contribution in [0.2, 0.25) is 0 Å². The van der Waals surface area contributed by atoms with Gasteiger partial charge in [-0.25, -0.2) is 9.97 Å². The lowest BCUT2D eigenvalue weighted by molar-refractivity contribution is 0.276. The second-order valence-corrected chi connectivity index (χ2v) is 9.96. The Morgan fingerprint density at radius 3 is 2.57 bits per heavy atom. The highest BCUT2D eigenvalue weighted by molar-refractivity contribution is 6.10. The third kappa shape index (κ3) is 6.75. The normalized spacial score (nSPS) is 20.9. The summed E-state index contributed by atoms with van der Waals surface area (Å²) < 4.78 is 0. The standard InChI is InChI=1S/C27H43N3/c1-5-6-12-24(18-23-13-14-23)25(19-28-4)26-15-16-29-27(30-26)21(3)20(2)17-22-10-8-7-9-11-22/h15-16,19-23H,5-14,17-18H2,1-4H3/b25-24-,28-19?. The first-order valence-corrected chi connectivity index (χ1v) is 12.6. The summed E-state index contributed by atoms with van der Waals surface area (Å²) in [6, 6.07) is 2.10. The Balaban J connectivity index is 1.80. The van der Waals surface area contributed by atoms with E-state index in [4.69, 9.17) is 9.97 Å². The van der Waals surface area contributed by atoms with Gasteiger partial charge in [0.25, 0.3) is 0 Å². The SMILES string of the molecule is CCCC/C(CC1CC1)=C(\C=NC)c1ccnc(C(C)C(C)CC2CCCCC2)n1. The first-order chi connectivity index (χ1) is 14.6. The van der Waals surface area contributed by atoms with Gasteiger partial charge in [0.2, 0.25) is 0 Å². The van der Waals surface area contributed by atoms with Crippen LogP contribution in [0.1, 0.15) is 115 Å². The Bertz CT molecular complexity index is 711. The van der Waals surface area contributed by atoms with Gasteiger partial charge in [-0.2, -0.15) is 0 Å². The van der Waals surface area contributed by atoms with Gasteiger partial charge in [0.05, 0.1) is 5.69 Å². The minimum Gasteiger partial charge on any atom is -0.296 e. The van der Waals surface area contributed by atoms with E-state index in [1.807, 2.05) is 13.2 Å². The van der Waals surface area contributed by atoms with Crippen molar-refractivity contribution in [2.24, 2.45) is 22.7 Å². The molecule has 2 unspecified atom stereocenters. The van der Waals surface area contributed by atoms with Crippen molar-refractivity contribution in [3.8, 4) is 0 Å². The average Bonchev–Trinajstić information content (AvgIpc) is 3.59. The Labute approximate surface area is 184 Å². The van der Waals surface area contributed by atoms with E-state index < -0.39 is 0 Å². The molecule has 0 N–H and O–H groups in total. The molecule has 0 aromatic carbocycles. The number of rotatable bonds is 11. The van der Waals surface area contributed by atoms with Crippen LogP contribution in [0, 0.1) is 17.8 Å². The van der Waals surface area contributed by atoms with Crippen LogP contribution < -0.4 is 0 Å². The highest BCUT2D eigenvalue weighted by Gasteiger charge is 2.25. The minimum atomic E-state index is 0.397. The third-order valence-corrected chi connectivity index (χ3v) is 7.34. The number of hydrogen-bond donors (Lipinski definition) is 0. The second kappa shape index (κ2) is 11.8. The topological polar surface area (TPSA) is 38.1 Å². The third-order valence-electron chi connectivity index (χ3n) is 7.34. The molecule has 3 heteroatoms. The molecular formula is C27H43N3. The summed E-state index contributed by atoms with van der Waals surface area (Å²) in [4.78, 5) is 14.2. The van der Waals surface area contributed by atoms with Gasteiger partial charge in [-0.3, -0.25) is 4.99 Å². The number of allylic oxidation sites excluding steroid dienone is 2. The number of nitrogens with zero attached hydrogens (tertiary/aromatic N) is 3. The van der Waals surface area contributed by atoms with E-state index in [0.717, 1.165) is 23.4 Å². The monoisotopic (exact) mass is 409 g/mol. The molecule has 0 aliphatic heterocycles. The van der Waals surface area contributed by atoms with E-state index in [1.54, 1.807) is 5.57 Å². The highest BCUT2D eigenvalue weighted by Crippen LogP contribution is 2.39. The van der Waals surface area contributed by atoms with Crippen molar-refractivity contribution in [3.63, 3.8) is 0 Å². The van der Waals surface area contributed by atoms with Crippen LogP contribution in [0.15, 0.2) is 22.8 Å². The van der Waals surface area contributed by atoms with E-state index >= 15 is 0 Å². The van der Waals surface area contributed by atoms with Crippen molar-refractivity contribution in [2.75, 3.05) is 7.05 Å². The fourth-order valence-electron chi connectivity index (χ4n) is 5.03. The zero-order valence-electron chi connectivity index (χ0n) is 19.9. The highest BCUT2D eigenvalue weighted by atomic mass is 14.9. The van der Waals surface area contributed by atoms with Crippen LogP contribution in [0.5, 0.6) is 0 Å². The van der Waals surface area contributed by atoms with E-state index in [1.165, 1.54) is 82.6 Å². The Morgan fingerprint density at radius 1 is 1.13 bits per heavy atom. The van der Waals surface area contributed by atoms with Gasteiger partial charge in [0, 0.05) is 31.0 Å². The average molecular weight is 410 g/mol. The molecule has 0 amide bonds. The molecule has 1 heterocycles. The fourth-order valence-corrected chi connectivity index (χ4v) is 5.03. The molecular weight excluding hydrogens is 366 g/mol. The smallest absolute Gasteiger partial charge is 0.132 e. The van der Waals surface area contributed by atoms with Gasteiger partial charge >= 0.3 is 0 Å². The zero-order valence-corrected chi connectivity index (χ0v) is 19.9. The van der Waals surface area contributed by atoms with E-state index in [0.29, 0.717) is 11.8 Å². The van der Waals surface area contributed by atoms with Gasteiger partial charge < -0.3 is 0 Å². The molecule has 3 nitrogen and oxygen atoms in total. The quantitative estimate of drug-likeness (QED) is 0.352. The van der Waals surface area contributed by atoms with Crippen molar-refractivity contribution in [2.45, 2.75) is 104 Å². The molecule has 0 bridgehead atoms. The molecule has 2 saturated carbocycles. The predicted octanol–water partition coefficient (Wildman–Crippen LogP) is 7.63. The molecule has 2 aliphatic carbocycles. The maximum absolute atomic E-state index is 5.10. The fraction of sp³-hybridized carbons (Fsp3) is 0.741. The van der Waals surface area contributed by atoms with Crippen molar-refractivity contribution in [1.82, 2.24) is 9.97 Å². The summed E-state index contributed by atoms with van der Waals surface area (Å²) in [7, 11) is 1.88. The molecule has 2 fully saturated rings. The lowest BCUT2D eigenvalue weighted by Crippen LogP contribution is -2.17. The van der Waals surface area contributed by atoms with Crippen LogP contribution in [-0.4, -0.2) is 23.2 Å². The van der Waals surface area contributed by atoms with Gasteiger partial charge in [-0.1, -0.05) is 64.9 Å². The summed E-state index contributed by atoms with van der Waals surface area (Å²) in [5, 5.41) is 0. The molecule has 0 spiro atoms. The van der Waals surface area contributed by atoms with Crippen LogP contribution >= 0.6 is 0 Å². The van der Waals surface area contributed by atoms with Crippen LogP contribution in [-0.2, 0) is 0 Å². The molecule has 0 radical (unpaired) electrons. The molecule has 30 heavy (non-hydrogen) atoms. The molecule has 3 rings (SSSR count). The number of unbranched alkanes of at least 4 members (excludes halogenated alkanes) is 1. The summed E-state index contributed by atoms with van der Waals surface area (Å²) in [6.07, 6.45) is 20.1. The maximum atomic E-state index is 5.10. The number of hydrogen-bond acceptors (Lipinski definition) is 3. The van der Waals surface area contributed by atoms with Crippen LogP contribution in [0.3, 0.4) is 0 Å². The summed E-state index contributed by atoms with van der Waals surface area (Å²) in [6.45, 7) is 7.01. The molecule has 0 saturated heterocycles. The predicted molar refractivity (Wildman–Crippen MR) is 129 cm³/mol. The molecule has 166 valence electrons. The van der Waals surface area contributed by atoms with Crippen LogP contribution in [0.4, 0.5) is 0 Å². The van der Waals surface area contributed by atoms with Gasteiger partial charge in [0.1, 0.15) is 5.82 Å². The van der Waals surface area contributed by atoms with Gasteiger partial charge in [0.15, 0.2) is 0 Å². The molecule has 2 aliphatic rings. The minimum absolute atomic E-state index is 0.397. The van der Waals surface area contributed by atoms with Crippen LogP contribution in [0.25, 0.3) is 5.57 Å². The molecule has 1 aromatic heterocycles. The summed E-state index contributed by atoms with van der Waals surface area (Å²) in [5.74, 6) is 3.82. The van der Waals surface area contributed by atoms with Gasteiger partial charge in [-0.05, 0) is 62.3 Å². The van der Waals surface area contributed by atoms with Gasteiger partial charge in [-0.15, -0.1) is 0 Å². The van der Waals surface area contributed by atoms with Crippen molar-refractivity contribution in [3.05, 3.63) is 29.4 Å². The Hall–Kier alpha value is -1.51. The van der Waals surface area contributed by atoms with Crippen molar-refractivity contribution < 1.29 is 0 Å². The largest absolute Gasteiger partial charge is 0.296 e. The lowest BCUT2D eigenvalue weighted by Gasteiger charge is -2.27. The van der Waals surface area contributed by atoms with Crippen molar-refractivity contribution in [1.29, 1.82) is 0 Å². The Kier molecular flexibility index (Phi) is 9.08. The lowest BCUT2D eigenvalue weighted by atomic mass is 9.79. The van der Waals surface area contributed by atoms with E-state index in [2.05, 4.69) is 38.0 Å². The summed E-state index contributed by atoms with van der Waals surface area (Å²) in [5.41, 5.74) is 3.89. The molecule has 1 aromatic rings. The number of aromatic nitrogens is 2. The molecule has 2 atom stereocenters. The first kappa shape index (κ1) is 23.2.